The molecule has 2 amide bonds. The minimum atomic E-state index is -0.529. The first kappa shape index (κ1) is 26.2. The maximum atomic E-state index is 13.3. The summed E-state index contributed by atoms with van der Waals surface area (Å²) in [6.07, 6.45) is 1.41. The van der Waals surface area contributed by atoms with E-state index in [1.807, 2.05) is 83.1 Å². The third-order valence-electron chi connectivity index (χ3n) is 5.35. The maximum Gasteiger partial charge on any atom is 0.243 e. The van der Waals surface area contributed by atoms with Gasteiger partial charge in [-0.15, -0.1) is 0 Å². The number of amides is 2. The first-order valence-electron chi connectivity index (χ1n) is 11.6. The van der Waals surface area contributed by atoms with Crippen LogP contribution in [0.4, 0.5) is 0 Å². The molecule has 0 saturated carbocycles. The number of nitrogens with zero attached hydrogens (tertiary/aromatic N) is 1. The van der Waals surface area contributed by atoms with Gasteiger partial charge in [0.2, 0.25) is 11.8 Å². The number of rotatable bonds is 11. The summed E-state index contributed by atoms with van der Waals surface area (Å²) < 4.78 is 10.9. The zero-order valence-electron chi connectivity index (χ0n) is 20.8. The van der Waals surface area contributed by atoms with Gasteiger partial charge in [-0.05, 0) is 75.9 Å². The number of aryl methyl sites for hydroxylation is 1. The van der Waals surface area contributed by atoms with E-state index in [4.69, 9.17) is 9.47 Å². The smallest absolute Gasteiger partial charge is 0.243 e. The molecule has 2 aromatic carbocycles. The first-order valence-corrected chi connectivity index (χ1v) is 11.6. The van der Waals surface area contributed by atoms with Gasteiger partial charge in [0.15, 0.2) is 0 Å². The van der Waals surface area contributed by atoms with Crippen molar-refractivity contribution in [2.24, 2.45) is 0 Å². The zero-order chi connectivity index (χ0) is 24.4. The largest absolute Gasteiger partial charge is 0.497 e. The van der Waals surface area contributed by atoms with E-state index in [0.29, 0.717) is 32.4 Å². The molecule has 0 bridgehead atoms. The molecule has 6 nitrogen and oxygen atoms in total. The van der Waals surface area contributed by atoms with E-state index in [0.717, 1.165) is 22.6 Å². The Bertz CT molecular complexity index is 903. The molecule has 0 unspecified atom stereocenters. The van der Waals surface area contributed by atoms with Crippen LogP contribution in [0.1, 0.15) is 58.1 Å². The molecule has 0 aliphatic heterocycles. The van der Waals surface area contributed by atoms with Gasteiger partial charge in [0.1, 0.15) is 17.5 Å². The lowest BCUT2D eigenvalue weighted by molar-refractivity contribution is -0.142. The molecule has 1 N–H and O–H groups in total. The second-order valence-electron chi connectivity index (χ2n) is 9.24. The van der Waals surface area contributed by atoms with Gasteiger partial charge < -0.3 is 19.7 Å². The van der Waals surface area contributed by atoms with Crippen LogP contribution in [0.3, 0.4) is 0 Å². The molecular weight excluding hydrogens is 416 g/mol. The quantitative estimate of drug-likeness (QED) is 0.491. The van der Waals surface area contributed by atoms with Crippen molar-refractivity contribution in [2.75, 3.05) is 13.7 Å². The third-order valence-corrected chi connectivity index (χ3v) is 5.35. The lowest BCUT2D eigenvalue weighted by Crippen LogP contribution is -2.53. The standard InChI is InChI=1S/C27H38N2O4/c1-7-24(26(31)28-27(3,4)5)29(19-21-12-9-8-11-20(21)2)25(30)13-10-18-33-23-16-14-22(32-6)15-17-23/h8-9,11-12,14-17,24H,7,10,13,18-19H2,1-6H3,(H,28,31)/t24-/m0/s1. The van der Waals surface area contributed by atoms with E-state index in [1.54, 1.807) is 12.0 Å². The topological polar surface area (TPSA) is 67.9 Å². The fraction of sp³-hybridized carbons (Fsp3) is 0.481. The van der Waals surface area contributed by atoms with E-state index in [9.17, 15) is 9.59 Å². The summed E-state index contributed by atoms with van der Waals surface area (Å²) in [5.74, 6) is 1.33. The molecule has 0 spiro atoms. The minimum Gasteiger partial charge on any atom is -0.497 e. The summed E-state index contributed by atoms with van der Waals surface area (Å²) >= 11 is 0. The van der Waals surface area contributed by atoms with Crippen LogP contribution in [0, 0.1) is 6.92 Å². The number of benzene rings is 2. The Balaban J connectivity index is 2.07. The molecular formula is C27H38N2O4. The number of nitrogens with one attached hydrogen (secondary N) is 1. The lowest BCUT2D eigenvalue weighted by Gasteiger charge is -2.33. The van der Waals surface area contributed by atoms with Crippen LogP contribution in [-0.2, 0) is 16.1 Å². The highest BCUT2D eigenvalue weighted by Crippen LogP contribution is 2.19. The van der Waals surface area contributed by atoms with Crippen molar-refractivity contribution in [3.8, 4) is 11.5 Å². The number of hydrogen-bond donors (Lipinski definition) is 1. The average molecular weight is 455 g/mol. The molecule has 0 radical (unpaired) electrons. The van der Waals surface area contributed by atoms with E-state index in [-0.39, 0.29) is 17.4 Å². The zero-order valence-corrected chi connectivity index (χ0v) is 20.8. The molecule has 180 valence electrons. The first-order chi connectivity index (χ1) is 15.6. The molecule has 1 atom stereocenters. The van der Waals surface area contributed by atoms with Crippen molar-refractivity contribution >= 4 is 11.8 Å². The van der Waals surface area contributed by atoms with E-state index >= 15 is 0 Å². The molecule has 6 heteroatoms. The summed E-state index contributed by atoms with van der Waals surface area (Å²) in [6, 6.07) is 14.8. The Morgan fingerprint density at radius 3 is 2.24 bits per heavy atom. The second-order valence-corrected chi connectivity index (χ2v) is 9.24. The molecule has 0 fully saturated rings. The van der Waals surface area contributed by atoms with Crippen molar-refractivity contribution in [2.45, 2.75) is 72.0 Å². The maximum absolute atomic E-state index is 13.3. The van der Waals surface area contributed by atoms with Gasteiger partial charge in [-0.2, -0.15) is 0 Å². The SMILES string of the molecule is CC[C@@H](C(=O)NC(C)(C)C)N(Cc1ccccc1C)C(=O)CCCOc1ccc(OC)cc1. The normalized spacial score (nSPS) is 12.1. The molecule has 2 aromatic rings. The van der Waals surface area contributed by atoms with Gasteiger partial charge in [-0.3, -0.25) is 9.59 Å². The summed E-state index contributed by atoms with van der Waals surface area (Å²) in [5, 5.41) is 3.04. The fourth-order valence-corrected chi connectivity index (χ4v) is 3.57. The van der Waals surface area contributed by atoms with Gasteiger partial charge in [0, 0.05) is 18.5 Å². The Labute approximate surface area is 198 Å². The van der Waals surface area contributed by atoms with Crippen molar-refractivity contribution in [1.82, 2.24) is 10.2 Å². The Morgan fingerprint density at radius 2 is 1.67 bits per heavy atom. The fourth-order valence-electron chi connectivity index (χ4n) is 3.57. The summed E-state index contributed by atoms with van der Waals surface area (Å²) in [6.45, 7) is 10.6. The van der Waals surface area contributed by atoms with Gasteiger partial charge in [-0.1, -0.05) is 31.2 Å². The van der Waals surface area contributed by atoms with E-state index in [1.165, 1.54) is 0 Å². The number of hydrogen-bond acceptors (Lipinski definition) is 4. The molecule has 0 aromatic heterocycles. The molecule has 0 aliphatic carbocycles. The van der Waals surface area contributed by atoms with Crippen LogP contribution < -0.4 is 14.8 Å². The molecule has 33 heavy (non-hydrogen) atoms. The lowest BCUT2D eigenvalue weighted by atomic mass is 10.0. The van der Waals surface area contributed by atoms with Crippen LogP contribution in [0.2, 0.25) is 0 Å². The van der Waals surface area contributed by atoms with Crippen LogP contribution in [0.15, 0.2) is 48.5 Å². The predicted octanol–water partition coefficient (Wildman–Crippen LogP) is 4.88. The Morgan fingerprint density at radius 1 is 1.03 bits per heavy atom. The highest BCUT2D eigenvalue weighted by molar-refractivity contribution is 5.88. The van der Waals surface area contributed by atoms with Crippen LogP contribution in [0.5, 0.6) is 11.5 Å². The number of ether oxygens (including phenoxy) is 2. The minimum absolute atomic E-state index is 0.0486. The number of carbonyl (C=O) groups is 2. The molecule has 0 heterocycles. The summed E-state index contributed by atoms with van der Waals surface area (Å²) in [4.78, 5) is 28.1. The van der Waals surface area contributed by atoms with Gasteiger partial charge in [-0.25, -0.2) is 0 Å². The highest BCUT2D eigenvalue weighted by Gasteiger charge is 2.30. The van der Waals surface area contributed by atoms with Crippen molar-refractivity contribution in [1.29, 1.82) is 0 Å². The second kappa shape index (κ2) is 12.3. The molecule has 2 rings (SSSR count). The predicted molar refractivity (Wildman–Crippen MR) is 131 cm³/mol. The van der Waals surface area contributed by atoms with Crippen molar-refractivity contribution in [3.63, 3.8) is 0 Å². The monoisotopic (exact) mass is 454 g/mol. The Hall–Kier alpha value is -3.02. The molecule has 0 saturated heterocycles. The number of carbonyl (C=O) groups excluding carboxylic acids is 2. The van der Waals surface area contributed by atoms with Crippen molar-refractivity contribution in [3.05, 3.63) is 59.7 Å². The summed E-state index contributed by atoms with van der Waals surface area (Å²) in [5.41, 5.74) is 1.78. The van der Waals surface area contributed by atoms with Gasteiger partial charge in [0.05, 0.1) is 13.7 Å². The van der Waals surface area contributed by atoms with E-state index < -0.39 is 6.04 Å². The van der Waals surface area contributed by atoms with Crippen molar-refractivity contribution < 1.29 is 19.1 Å². The average Bonchev–Trinajstić information content (AvgIpc) is 2.77. The van der Waals surface area contributed by atoms with Crippen LogP contribution in [-0.4, -0.2) is 42.0 Å². The molecule has 0 aliphatic rings. The van der Waals surface area contributed by atoms with E-state index in [2.05, 4.69) is 5.32 Å². The highest BCUT2D eigenvalue weighted by atomic mass is 16.5. The third kappa shape index (κ3) is 8.44. The van der Waals surface area contributed by atoms with Gasteiger partial charge in [0.25, 0.3) is 0 Å². The summed E-state index contributed by atoms with van der Waals surface area (Å²) in [7, 11) is 1.62. The van der Waals surface area contributed by atoms with Crippen LogP contribution in [0.25, 0.3) is 0 Å². The Kier molecular flexibility index (Phi) is 9.76. The number of methoxy groups -OCH3 is 1. The van der Waals surface area contributed by atoms with Gasteiger partial charge >= 0.3 is 0 Å². The van der Waals surface area contributed by atoms with Crippen LogP contribution >= 0.6 is 0 Å².